The molecule has 0 aromatic rings. The maximum Gasteiger partial charge on any atom is -0.0202 e. The molecule has 2 aliphatic carbocycles. The van der Waals surface area contributed by atoms with Gasteiger partial charge in [0.15, 0.2) is 0 Å². The number of allylic oxidation sites excluding steroid dienone is 2. The second-order valence-corrected chi connectivity index (χ2v) is 4.42. The average molecular weight is 164 g/mol. The van der Waals surface area contributed by atoms with Gasteiger partial charge in [0.25, 0.3) is 0 Å². The van der Waals surface area contributed by atoms with Crippen molar-refractivity contribution in [1.82, 2.24) is 0 Å². The summed E-state index contributed by atoms with van der Waals surface area (Å²) in [7, 11) is 0. The van der Waals surface area contributed by atoms with E-state index in [0.29, 0.717) is 0 Å². The van der Waals surface area contributed by atoms with E-state index in [4.69, 9.17) is 0 Å². The number of hydrogen-bond acceptors (Lipinski definition) is 0. The lowest BCUT2D eigenvalue weighted by Crippen LogP contribution is -2.09. The summed E-state index contributed by atoms with van der Waals surface area (Å²) in [5.74, 6) is 2.01. The third-order valence-electron chi connectivity index (χ3n) is 3.56. The summed E-state index contributed by atoms with van der Waals surface area (Å²) < 4.78 is 0. The molecular weight excluding hydrogens is 144 g/mol. The molecule has 2 aliphatic rings. The Kier molecular flexibility index (Phi) is 2.86. The lowest BCUT2D eigenvalue weighted by molar-refractivity contribution is 0.347. The molecule has 1 fully saturated rings. The first-order valence-electron chi connectivity index (χ1n) is 5.63. The van der Waals surface area contributed by atoms with Crippen LogP contribution < -0.4 is 0 Å². The molecule has 1 unspecified atom stereocenters. The van der Waals surface area contributed by atoms with Gasteiger partial charge in [-0.3, -0.25) is 0 Å². The average Bonchev–Trinajstić information content (AvgIpc) is 2.48. The van der Waals surface area contributed by atoms with E-state index in [2.05, 4.69) is 12.2 Å². The molecule has 68 valence electrons. The van der Waals surface area contributed by atoms with Gasteiger partial charge in [-0.25, -0.2) is 0 Å². The minimum Gasteiger partial charge on any atom is -0.0882 e. The molecule has 0 heterocycles. The van der Waals surface area contributed by atoms with Crippen LogP contribution in [0.15, 0.2) is 12.2 Å². The van der Waals surface area contributed by atoms with Crippen molar-refractivity contribution in [1.29, 1.82) is 0 Å². The van der Waals surface area contributed by atoms with Gasteiger partial charge in [0, 0.05) is 0 Å². The normalized spacial score (nSPS) is 32.2. The Balaban J connectivity index is 1.87. The first-order valence-corrected chi connectivity index (χ1v) is 5.63. The molecule has 0 spiro atoms. The fraction of sp³-hybridized carbons (Fsp3) is 0.833. The topological polar surface area (TPSA) is 0 Å². The van der Waals surface area contributed by atoms with Crippen molar-refractivity contribution in [3.8, 4) is 0 Å². The van der Waals surface area contributed by atoms with Crippen molar-refractivity contribution >= 4 is 0 Å². The smallest absolute Gasteiger partial charge is 0.0202 e. The van der Waals surface area contributed by atoms with Crippen LogP contribution in [0.5, 0.6) is 0 Å². The van der Waals surface area contributed by atoms with E-state index < -0.39 is 0 Å². The predicted molar refractivity (Wildman–Crippen MR) is 53.1 cm³/mol. The minimum absolute atomic E-state index is 0.961. The van der Waals surface area contributed by atoms with E-state index in [1.165, 1.54) is 51.4 Å². The number of hydrogen-bond donors (Lipinski definition) is 0. The molecule has 0 aromatic heterocycles. The van der Waals surface area contributed by atoms with Crippen LogP contribution >= 0.6 is 0 Å². The van der Waals surface area contributed by atoms with Crippen LogP contribution in [0.2, 0.25) is 0 Å². The van der Waals surface area contributed by atoms with Crippen molar-refractivity contribution in [2.45, 2.75) is 51.4 Å². The maximum atomic E-state index is 2.48. The van der Waals surface area contributed by atoms with Crippen LogP contribution in [-0.2, 0) is 0 Å². The minimum atomic E-state index is 0.961. The van der Waals surface area contributed by atoms with Crippen molar-refractivity contribution in [3.05, 3.63) is 12.2 Å². The Morgan fingerprint density at radius 3 is 2.17 bits per heavy atom. The second kappa shape index (κ2) is 4.11. The first-order chi connectivity index (χ1) is 5.97. The zero-order chi connectivity index (χ0) is 8.23. The molecule has 0 heteroatoms. The van der Waals surface area contributed by atoms with E-state index in [0.717, 1.165) is 11.8 Å². The molecule has 0 N–H and O–H groups in total. The highest BCUT2D eigenvalue weighted by Gasteiger charge is 2.21. The third kappa shape index (κ3) is 1.91. The van der Waals surface area contributed by atoms with Crippen LogP contribution in [0.1, 0.15) is 51.4 Å². The van der Waals surface area contributed by atoms with Crippen LogP contribution in [0, 0.1) is 11.8 Å². The van der Waals surface area contributed by atoms with Gasteiger partial charge in [0.05, 0.1) is 0 Å². The van der Waals surface area contributed by atoms with Gasteiger partial charge >= 0.3 is 0 Å². The van der Waals surface area contributed by atoms with Gasteiger partial charge in [0.1, 0.15) is 0 Å². The Morgan fingerprint density at radius 2 is 1.58 bits per heavy atom. The predicted octanol–water partition coefficient (Wildman–Crippen LogP) is 3.92. The summed E-state index contributed by atoms with van der Waals surface area (Å²) in [5, 5.41) is 0. The molecule has 0 nitrogen and oxygen atoms in total. The van der Waals surface area contributed by atoms with Crippen LogP contribution in [0.25, 0.3) is 0 Å². The largest absolute Gasteiger partial charge is 0.0882 e. The van der Waals surface area contributed by atoms with E-state index in [9.17, 15) is 0 Å². The van der Waals surface area contributed by atoms with Crippen molar-refractivity contribution < 1.29 is 0 Å². The van der Waals surface area contributed by atoms with Crippen LogP contribution in [0.3, 0.4) is 0 Å². The molecular formula is C12H20. The zero-order valence-electron chi connectivity index (χ0n) is 7.97. The molecule has 0 amide bonds. The zero-order valence-corrected chi connectivity index (χ0v) is 7.97. The Morgan fingerprint density at radius 1 is 0.833 bits per heavy atom. The highest BCUT2D eigenvalue weighted by Crippen LogP contribution is 2.34. The highest BCUT2D eigenvalue weighted by atomic mass is 14.3. The summed E-state index contributed by atoms with van der Waals surface area (Å²) in [5.41, 5.74) is 0. The van der Waals surface area contributed by atoms with Gasteiger partial charge in [-0.2, -0.15) is 0 Å². The monoisotopic (exact) mass is 164 g/mol. The van der Waals surface area contributed by atoms with Gasteiger partial charge in [-0.15, -0.1) is 0 Å². The van der Waals surface area contributed by atoms with E-state index >= 15 is 0 Å². The molecule has 0 bridgehead atoms. The lowest BCUT2D eigenvalue weighted by atomic mass is 9.86. The van der Waals surface area contributed by atoms with Crippen LogP contribution in [-0.4, -0.2) is 0 Å². The Bertz CT molecular complexity index is 149. The molecule has 0 radical (unpaired) electrons. The standard InChI is InChI=1S/C12H20/c1-2-4-8-11(7-3-1)12-9-5-6-10-12/h5,9,11-12H,1-4,6-8,10H2. The summed E-state index contributed by atoms with van der Waals surface area (Å²) in [6, 6.07) is 0. The maximum absolute atomic E-state index is 2.48. The van der Waals surface area contributed by atoms with Gasteiger partial charge in [-0.05, 0) is 37.5 Å². The molecule has 0 saturated heterocycles. The molecule has 12 heavy (non-hydrogen) atoms. The molecule has 0 aliphatic heterocycles. The van der Waals surface area contributed by atoms with Gasteiger partial charge in [0.2, 0.25) is 0 Å². The Hall–Kier alpha value is -0.260. The molecule has 1 saturated carbocycles. The van der Waals surface area contributed by atoms with Gasteiger partial charge in [-0.1, -0.05) is 37.8 Å². The van der Waals surface area contributed by atoms with Gasteiger partial charge < -0.3 is 0 Å². The quantitative estimate of drug-likeness (QED) is 0.407. The van der Waals surface area contributed by atoms with E-state index in [1.807, 2.05) is 0 Å². The summed E-state index contributed by atoms with van der Waals surface area (Å²) in [4.78, 5) is 0. The highest BCUT2D eigenvalue weighted by molar-refractivity contribution is 4.98. The van der Waals surface area contributed by atoms with E-state index in [-0.39, 0.29) is 0 Å². The summed E-state index contributed by atoms with van der Waals surface area (Å²) in [6.07, 6.45) is 16.7. The fourth-order valence-corrected chi connectivity index (χ4v) is 2.79. The molecule has 0 aromatic carbocycles. The van der Waals surface area contributed by atoms with Crippen molar-refractivity contribution in [2.24, 2.45) is 11.8 Å². The molecule has 1 atom stereocenters. The fourth-order valence-electron chi connectivity index (χ4n) is 2.79. The Labute approximate surface area is 76.1 Å². The van der Waals surface area contributed by atoms with Crippen LogP contribution in [0.4, 0.5) is 0 Å². The first kappa shape index (κ1) is 8.34. The SMILES string of the molecule is C1=CC(C2CCCCCC2)CC1. The van der Waals surface area contributed by atoms with Crippen molar-refractivity contribution in [2.75, 3.05) is 0 Å². The number of rotatable bonds is 1. The second-order valence-electron chi connectivity index (χ2n) is 4.42. The molecule has 2 rings (SSSR count). The van der Waals surface area contributed by atoms with E-state index in [1.54, 1.807) is 0 Å². The van der Waals surface area contributed by atoms with Crippen molar-refractivity contribution in [3.63, 3.8) is 0 Å². The third-order valence-corrected chi connectivity index (χ3v) is 3.56. The summed E-state index contributed by atoms with van der Waals surface area (Å²) >= 11 is 0. The summed E-state index contributed by atoms with van der Waals surface area (Å²) in [6.45, 7) is 0. The lowest BCUT2D eigenvalue weighted by Gasteiger charge is -2.19.